The predicted molar refractivity (Wildman–Crippen MR) is 69.0 cm³/mol. The average Bonchev–Trinajstić information content (AvgIpc) is 2.41. The Balaban J connectivity index is 1.83. The Morgan fingerprint density at radius 2 is 2.00 bits per heavy atom. The largest absolute Gasteiger partial charge is 0.475 e. The number of allylic oxidation sites excluding steroid dienone is 1. The number of rotatable bonds is 5. The maximum Gasteiger partial charge on any atom is 0.475 e. The van der Waals surface area contributed by atoms with Crippen LogP contribution in [0, 0.1) is 5.92 Å². The number of hydrogen-bond acceptors (Lipinski definition) is 4. The van der Waals surface area contributed by atoms with Crippen LogP contribution in [0.2, 0.25) is 0 Å². The molecule has 0 saturated carbocycles. The summed E-state index contributed by atoms with van der Waals surface area (Å²) >= 11 is 0. The summed E-state index contributed by atoms with van der Waals surface area (Å²) in [7, 11) is -3.37. The summed E-state index contributed by atoms with van der Waals surface area (Å²) in [4.78, 5) is 0. The van der Waals surface area contributed by atoms with Crippen molar-refractivity contribution < 1.29 is 18.1 Å². The molecule has 1 aromatic carbocycles. The third-order valence-corrected chi connectivity index (χ3v) is 4.04. The van der Waals surface area contributed by atoms with Gasteiger partial charge in [-0.1, -0.05) is 36.4 Å². The molecule has 1 aliphatic heterocycles. The minimum Gasteiger partial charge on any atom is -0.286 e. The molecular weight excluding hydrogens is 251 g/mol. The van der Waals surface area contributed by atoms with Gasteiger partial charge in [0, 0.05) is 5.92 Å². The zero-order valence-electron chi connectivity index (χ0n) is 10.2. The second-order valence-corrected chi connectivity index (χ2v) is 5.86. The van der Waals surface area contributed by atoms with Crippen molar-refractivity contribution >= 4 is 7.82 Å². The summed E-state index contributed by atoms with van der Waals surface area (Å²) in [6, 6.07) is 9.51. The molecule has 1 aromatic rings. The SMILES string of the molecule is C=CCC1COP(=O)(OCc2ccccc2)OC1. The molecule has 0 amide bonds. The van der Waals surface area contributed by atoms with Gasteiger partial charge in [-0.25, -0.2) is 4.57 Å². The molecular formula is C13H17O4P. The molecule has 0 radical (unpaired) electrons. The number of benzene rings is 1. The highest BCUT2D eigenvalue weighted by Gasteiger charge is 2.33. The van der Waals surface area contributed by atoms with E-state index < -0.39 is 7.82 Å². The van der Waals surface area contributed by atoms with Gasteiger partial charge in [0.25, 0.3) is 0 Å². The van der Waals surface area contributed by atoms with Crippen molar-refractivity contribution in [1.82, 2.24) is 0 Å². The first-order valence-corrected chi connectivity index (χ1v) is 7.36. The summed E-state index contributed by atoms with van der Waals surface area (Å²) in [6.07, 6.45) is 2.59. The molecule has 4 nitrogen and oxygen atoms in total. The smallest absolute Gasteiger partial charge is 0.286 e. The Hall–Kier alpha value is -0.930. The molecule has 18 heavy (non-hydrogen) atoms. The fourth-order valence-corrected chi connectivity index (χ4v) is 2.97. The lowest BCUT2D eigenvalue weighted by Gasteiger charge is -2.27. The highest BCUT2D eigenvalue weighted by molar-refractivity contribution is 7.48. The van der Waals surface area contributed by atoms with E-state index in [0.29, 0.717) is 13.2 Å². The van der Waals surface area contributed by atoms with E-state index in [4.69, 9.17) is 13.6 Å². The van der Waals surface area contributed by atoms with Gasteiger partial charge in [0.05, 0.1) is 19.8 Å². The molecule has 1 saturated heterocycles. The Kier molecular flexibility index (Phi) is 4.72. The first-order valence-electron chi connectivity index (χ1n) is 5.90. The molecule has 5 heteroatoms. The molecule has 2 rings (SSSR count). The molecule has 1 fully saturated rings. The number of phosphoric ester groups is 1. The fourth-order valence-electron chi connectivity index (χ4n) is 1.65. The Morgan fingerprint density at radius 1 is 1.33 bits per heavy atom. The van der Waals surface area contributed by atoms with Crippen LogP contribution in [0.3, 0.4) is 0 Å². The van der Waals surface area contributed by atoms with Crippen molar-refractivity contribution in [2.45, 2.75) is 13.0 Å². The summed E-state index contributed by atoms with van der Waals surface area (Å²) in [6.45, 7) is 4.66. The van der Waals surface area contributed by atoms with E-state index in [2.05, 4.69) is 6.58 Å². The van der Waals surface area contributed by atoms with E-state index >= 15 is 0 Å². The van der Waals surface area contributed by atoms with Crippen molar-refractivity contribution in [2.75, 3.05) is 13.2 Å². The topological polar surface area (TPSA) is 44.8 Å². The quantitative estimate of drug-likeness (QED) is 0.605. The molecule has 0 N–H and O–H groups in total. The van der Waals surface area contributed by atoms with Gasteiger partial charge in [-0.2, -0.15) is 0 Å². The van der Waals surface area contributed by atoms with Crippen molar-refractivity contribution in [1.29, 1.82) is 0 Å². The average molecular weight is 268 g/mol. The van der Waals surface area contributed by atoms with Crippen LogP contribution in [0.4, 0.5) is 0 Å². The zero-order chi connectivity index (χ0) is 12.8. The monoisotopic (exact) mass is 268 g/mol. The van der Waals surface area contributed by atoms with Gasteiger partial charge in [-0.05, 0) is 12.0 Å². The van der Waals surface area contributed by atoms with Gasteiger partial charge < -0.3 is 0 Å². The molecule has 0 atom stereocenters. The Labute approximate surface area is 107 Å². The molecule has 0 spiro atoms. The lowest BCUT2D eigenvalue weighted by Crippen LogP contribution is -2.21. The third-order valence-electron chi connectivity index (χ3n) is 2.67. The highest BCUT2D eigenvalue weighted by atomic mass is 31.2. The second-order valence-electron chi connectivity index (χ2n) is 4.19. The fraction of sp³-hybridized carbons (Fsp3) is 0.385. The van der Waals surface area contributed by atoms with E-state index in [1.165, 1.54) is 0 Å². The Bertz CT molecular complexity index is 420. The van der Waals surface area contributed by atoms with Gasteiger partial charge in [-0.3, -0.25) is 13.6 Å². The van der Waals surface area contributed by atoms with Crippen molar-refractivity contribution in [3.05, 3.63) is 48.6 Å². The summed E-state index contributed by atoms with van der Waals surface area (Å²) in [5, 5.41) is 0. The van der Waals surface area contributed by atoms with Gasteiger partial charge in [-0.15, -0.1) is 6.58 Å². The van der Waals surface area contributed by atoms with Gasteiger partial charge in [0.2, 0.25) is 0 Å². The summed E-state index contributed by atoms with van der Waals surface area (Å²) in [5.74, 6) is 0.213. The van der Waals surface area contributed by atoms with Crippen molar-refractivity contribution in [3.8, 4) is 0 Å². The van der Waals surface area contributed by atoms with E-state index in [1.807, 2.05) is 30.3 Å². The Morgan fingerprint density at radius 3 is 2.61 bits per heavy atom. The minimum absolute atomic E-state index is 0.213. The van der Waals surface area contributed by atoms with Crippen molar-refractivity contribution in [3.63, 3.8) is 0 Å². The molecule has 1 heterocycles. The lowest BCUT2D eigenvalue weighted by atomic mass is 10.1. The molecule has 98 valence electrons. The second kappa shape index (κ2) is 6.30. The highest BCUT2D eigenvalue weighted by Crippen LogP contribution is 2.53. The van der Waals surface area contributed by atoms with Gasteiger partial charge >= 0.3 is 7.82 Å². The molecule has 0 aliphatic carbocycles. The van der Waals surface area contributed by atoms with E-state index in [-0.39, 0.29) is 12.5 Å². The van der Waals surface area contributed by atoms with Crippen LogP contribution in [0.15, 0.2) is 43.0 Å². The van der Waals surface area contributed by atoms with Crippen LogP contribution in [-0.2, 0) is 24.7 Å². The molecule has 0 bridgehead atoms. The zero-order valence-corrected chi connectivity index (χ0v) is 11.1. The summed E-state index contributed by atoms with van der Waals surface area (Å²) in [5.41, 5.74) is 0.938. The van der Waals surface area contributed by atoms with Crippen molar-refractivity contribution in [2.24, 2.45) is 5.92 Å². The van der Waals surface area contributed by atoms with E-state index in [1.54, 1.807) is 6.08 Å². The van der Waals surface area contributed by atoms with Gasteiger partial charge in [0.1, 0.15) is 0 Å². The molecule has 1 aliphatic rings. The first kappa shape index (κ1) is 13.5. The molecule has 0 aromatic heterocycles. The van der Waals surface area contributed by atoms with E-state index in [9.17, 15) is 4.57 Å². The summed E-state index contributed by atoms with van der Waals surface area (Å²) < 4.78 is 27.8. The maximum absolute atomic E-state index is 12.1. The van der Waals surface area contributed by atoms with Gasteiger partial charge in [0.15, 0.2) is 0 Å². The minimum atomic E-state index is -3.37. The number of hydrogen-bond donors (Lipinski definition) is 0. The normalized spacial score (nSPS) is 27.9. The van der Waals surface area contributed by atoms with Crippen LogP contribution in [0.5, 0.6) is 0 Å². The van der Waals surface area contributed by atoms with Crippen LogP contribution < -0.4 is 0 Å². The maximum atomic E-state index is 12.1. The van der Waals surface area contributed by atoms with Crippen LogP contribution in [0.1, 0.15) is 12.0 Å². The predicted octanol–water partition coefficient (Wildman–Crippen LogP) is 3.55. The van der Waals surface area contributed by atoms with Crippen LogP contribution >= 0.6 is 7.82 Å². The van der Waals surface area contributed by atoms with Crippen LogP contribution in [-0.4, -0.2) is 13.2 Å². The standard InChI is InChI=1S/C13H17O4P/c1-2-6-13-10-16-18(14,17-11-13)15-9-12-7-4-3-5-8-12/h2-5,7-8,13H,1,6,9-11H2. The number of phosphoric acid groups is 1. The van der Waals surface area contributed by atoms with Crippen LogP contribution in [0.25, 0.3) is 0 Å². The molecule has 0 unspecified atom stereocenters. The lowest BCUT2D eigenvalue weighted by molar-refractivity contribution is 0.0370. The third kappa shape index (κ3) is 3.79. The first-order chi connectivity index (χ1) is 8.72. The van der Waals surface area contributed by atoms with E-state index in [0.717, 1.165) is 12.0 Å².